The second-order valence-electron chi connectivity index (χ2n) is 3.79. The lowest BCUT2D eigenvalue weighted by molar-refractivity contribution is 0.409. The maximum absolute atomic E-state index is 13.6. The van der Waals surface area contributed by atoms with E-state index >= 15 is 0 Å². The molecule has 0 amide bonds. The fourth-order valence-corrected chi connectivity index (χ4v) is 1.81. The highest BCUT2D eigenvalue weighted by molar-refractivity contribution is 5.92. The minimum Gasteiger partial charge on any atom is -0.505 e. The summed E-state index contributed by atoms with van der Waals surface area (Å²) >= 11 is 0. The number of halogens is 2. The van der Waals surface area contributed by atoms with Gasteiger partial charge in [0.2, 0.25) is 11.4 Å². The molecule has 3 aromatic rings. The van der Waals surface area contributed by atoms with Crippen LogP contribution in [0.15, 0.2) is 40.9 Å². The molecule has 3 rings (SSSR count). The number of phenols is 1. The van der Waals surface area contributed by atoms with E-state index in [4.69, 9.17) is 4.52 Å². The van der Waals surface area contributed by atoms with E-state index in [0.29, 0.717) is 5.39 Å². The molecule has 0 aliphatic carbocycles. The van der Waals surface area contributed by atoms with Gasteiger partial charge in [0.1, 0.15) is 11.5 Å². The number of rotatable bonds is 1. The molecule has 0 radical (unpaired) electrons. The van der Waals surface area contributed by atoms with Gasteiger partial charge < -0.3 is 9.63 Å². The first-order valence-electron chi connectivity index (χ1n) is 5.20. The van der Waals surface area contributed by atoms with Gasteiger partial charge in [0.05, 0.1) is 5.39 Å². The van der Waals surface area contributed by atoms with Gasteiger partial charge in [-0.15, -0.1) is 0 Å². The van der Waals surface area contributed by atoms with Crippen LogP contribution >= 0.6 is 0 Å². The van der Waals surface area contributed by atoms with Crippen molar-refractivity contribution in [3.63, 3.8) is 0 Å². The van der Waals surface area contributed by atoms with Crippen molar-refractivity contribution in [2.75, 3.05) is 0 Å². The van der Waals surface area contributed by atoms with Crippen LogP contribution in [0.1, 0.15) is 0 Å². The molecule has 1 N–H and O–H groups in total. The molecule has 18 heavy (non-hydrogen) atoms. The van der Waals surface area contributed by atoms with Gasteiger partial charge in [-0.3, -0.25) is 0 Å². The number of aromatic nitrogens is 1. The van der Waals surface area contributed by atoms with Gasteiger partial charge in [0.25, 0.3) is 0 Å². The third-order valence-electron chi connectivity index (χ3n) is 2.69. The van der Waals surface area contributed by atoms with Gasteiger partial charge in [-0.2, -0.15) is 4.39 Å². The average Bonchev–Trinajstić information content (AvgIpc) is 2.79. The van der Waals surface area contributed by atoms with Crippen molar-refractivity contribution in [2.45, 2.75) is 0 Å². The number of nitrogens with zero attached hydrogens (tertiary/aromatic N) is 1. The highest BCUT2D eigenvalue weighted by Crippen LogP contribution is 2.33. The lowest BCUT2D eigenvalue weighted by Crippen LogP contribution is -1.84. The van der Waals surface area contributed by atoms with Crippen LogP contribution in [0, 0.1) is 11.6 Å². The number of phenolic OH excluding ortho intramolecular Hbond substituents is 1. The molecule has 1 heterocycles. The zero-order valence-corrected chi connectivity index (χ0v) is 9.02. The van der Waals surface area contributed by atoms with Crippen molar-refractivity contribution in [1.82, 2.24) is 5.16 Å². The van der Waals surface area contributed by atoms with Crippen LogP contribution < -0.4 is 0 Å². The van der Waals surface area contributed by atoms with Crippen LogP contribution in [0.25, 0.3) is 22.2 Å². The fourth-order valence-electron chi connectivity index (χ4n) is 1.81. The Labute approximate surface area is 100 Å². The van der Waals surface area contributed by atoms with E-state index in [1.54, 1.807) is 12.1 Å². The van der Waals surface area contributed by atoms with Crippen LogP contribution in [0.4, 0.5) is 8.78 Å². The Balaban J connectivity index is 2.32. The van der Waals surface area contributed by atoms with Crippen LogP contribution in [-0.4, -0.2) is 10.3 Å². The molecule has 90 valence electrons. The molecule has 0 fully saturated rings. The Morgan fingerprint density at radius 3 is 2.61 bits per heavy atom. The molecule has 0 unspecified atom stereocenters. The van der Waals surface area contributed by atoms with E-state index in [9.17, 15) is 13.9 Å². The molecule has 0 aliphatic rings. The lowest BCUT2D eigenvalue weighted by atomic mass is 10.1. The summed E-state index contributed by atoms with van der Waals surface area (Å²) in [6, 6.07) is 8.62. The molecular weight excluding hydrogens is 240 g/mol. The zero-order chi connectivity index (χ0) is 12.7. The second-order valence-corrected chi connectivity index (χ2v) is 3.79. The molecule has 0 saturated carbocycles. The number of hydrogen-bond acceptors (Lipinski definition) is 3. The summed E-state index contributed by atoms with van der Waals surface area (Å²) in [6.07, 6.45) is 0. The quantitative estimate of drug-likeness (QED) is 0.716. The van der Waals surface area contributed by atoms with E-state index < -0.39 is 17.4 Å². The van der Waals surface area contributed by atoms with Crippen molar-refractivity contribution < 1.29 is 18.4 Å². The molecule has 1 aromatic heterocycles. The highest BCUT2D eigenvalue weighted by Gasteiger charge is 2.18. The van der Waals surface area contributed by atoms with Crippen LogP contribution in [0.3, 0.4) is 0 Å². The number of hydrogen-bond donors (Lipinski definition) is 1. The third kappa shape index (κ3) is 1.44. The summed E-state index contributed by atoms with van der Waals surface area (Å²) in [7, 11) is 0. The molecule has 3 nitrogen and oxygen atoms in total. The molecule has 5 heteroatoms. The molecule has 0 saturated heterocycles. The summed E-state index contributed by atoms with van der Waals surface area (Å²) in [6.45, 7) is 0. The Morgan fingerprint density at radius 1 is 1.06 bits per heavy atom. The molecular formula is C13H7F2NO2. The van der Waals surface area contributed by atoms with Crippen molar-refractivity contribution in [3.05, 3.63) is 48.0 Å². The predicted octanol–water partition coefficient (Wildman–Crippen LogP) is 3.48. The van der Waals surface area contributed by atoms with E-state index in [-0.39, 0.29) is 16.8 Å². The summed E-state index contributed by atoms with van der Waals surface area (Å²) in [4.78, 5) is 0. The van der Waals surface area contributed by atoms with E-state index in [1.807, 2.05) is 0 Å². The number of fused-ring (bicyclic) bond motifs is 1. The Bertz CT molecular complexity index is 737. The SMILES string of the molecule is Oc1ccc2c(-c3ccccc3F)noc2c1F. The predicted molar refractivity (Wildman–Crippen MR) is 61.0 cm³/mol. The standard InChI is InChI=1S/C13H7F2NO2/c14-9-4-2-1-3-7(9)12-8-5-6-10(17)11(15)13(8)18-16-12/h1-6,17H. The lowest BCUT2D eigenvalue weighted by Gasteiger charge is -1.99. The van der Waals surface area contributed by atoms with Gasteiger partial charge in [-0.05, 0) is 24.3 Å². The molecule has 0 bridgehead atoms. The van der Waals surface area contributed by atoms with E-state index in [1.165, 1.54) is 24.3 Å². The summed E-state index contributed by atoms with van der Waals surface area (Å²) < 4.78 is 32.0. The smallest absolute Gasteiger partial charge is 0.210 e. The van der Waals surface area contributed by atoms with Crippen molar-refractivity contribution in [1.29, 1.82) is 0 Å². The minimum atomic E-state index is -0.900. The average molecular weight is 247 g/mol. The van der Waals surface area contributed by atoms with Crippen molar-refractivity contribution in [2.24, 2.45) is 0 Å². The van der Waals surface area contributed by atoms with Crippen molar-refractivity contribution in [3.8, 4) is 17.0 Å². The van der Waals surface area contributed by atoms with Gasteiger partial charge >= 0.3 is 0 Å². The van der Waals surface area contributed by atoms with E-state index in [0.717, 1.165) is 0 Å². The van der Waals surface area contributed by atoms with Crippen LogP contribution in [0.2, 0.25) is 0 Å². The van der Waals surface area contributed by atoms with E-state index in [2.05, 4.69) is 5.16 Å². The monoisotopic (exact) mass is 247 g/mol. The molecule has 0 aliphatic heterocycles. The van der Waals surface area contributed by atoms with Gasteiger partial charge in [0, 0.05) is 5.56 Å². The zero-order valence-electron chi connectivity index (χ0n) is 9.02. The number of aromatic hydroxyl groups is 1. The fraction of sp³-hybridized carbons (Fsp3) is 0. The molecule has 2 aromatic carbocycles. The number of benzene rings is 2. The third-order valence-corrected chi connectivity index (χ3v) is 2.69. The minimum absolute atomic E-state index is 0.187. The largest absolute Gasteiger partial charge is 0.505 e. The first-order chi connectivity index (χ1) is 8.68. The molecule has 0 atom stereocenters. The Morgan fingerprint density at radius 2 is 1.83 bits per heavy atom. The summed E-state index contributed by atoms with van der Waals surface area (Å²) in [5, 5.41) is 13.2. The van der Waals surface area contributed by atoms with Crippen LogP contribution in [-0.2, 0) is 0 Å². The topological polar surface area (TPSA) is 46.3 Å². The van der Waals surface area contributed by atoms with Gasteiger partial charge in [-0.25, -0.2) is 4.39 Å². The van der Waals surface area contributed by atoms with Crippen molar-refractivity contribution >= 4 is 11.0 Å². The molecule has 0 spiro atoms. The normalized spacial score (nSPS) is 11.0. The maximum atomic E-state index is 13.6. The Hall–Kier alpha value is -2.43. The highest BCUT2D eigenvalue weighted by atomic mass is 19.1. The maximum Gasteiger partial charge on any atom is 0.210 e. The van der Waals surface area contributed by atoms with Gasteiger partial charge in [-0.1, -0.05) is 17.3 Å². The summed E-state index contributed by atoms with van der Waals surface area (Å²) in [5.41, 5.74) is 0.247. The van der Waals surface area contributed by atoms with Gasteiger partial charge in [0.15, 0.2) is 5.75 Å². The summed E-state index contributed by atoms with van der Waals surface area (Å²) in [5.74, 6) is -1.90. The Kier molecular flexibility index (Phi) is 2.26. The first kappa shape index (κ1) is 10.7. The first-order valence-corrected chi connectivity index (χ1v) is 5.20. The second kappa shape index (κ2) is 3.80. The van der Waals surface area contributed by atoms with Crippen LogP contribution in [0.5, 0.6) is 5.75 Å².